The van der Waals surface area contributed by atoms with Crippen molar-refractivity contribution in [1.29, 1.82) is 0 Å². The summed E-state index contributed by atoms with van der Waals surface area (Å²) in [5, 5.41) is 7.67. The fraction of sp³-hybridized carbons (Fsp3) is 0.500. The molecular weight excluding hydrogens is 208 g/mol. The Morgan fingerprint density at radius 1 is 1.33 bits per heavy atom. The zero-order valence-corrected chi connectivity index (χ0v) is 9.77. The number of benzene rings is 1. The second kappa shape index (κ2) is 4.86. The first-order valence-corrected chi connectivity index (χ1v) is 5.87. The summed E-state index contributed by atoms with van der Waals surface area (Å²) in [6.07, 6.45) is 2.69. The van der Waals surface area contributed by atoms with E-state index in [4.69, 9.17) is 11.6 Å². The maximum Gasteiger partial charge on any atom is 0.0410 e. The summed E-state index contributed by atoms with van der Waals surface area (Å²) < 4.78 is 0. The number of hydrogen-bond donors (Lipinski definition) is 2. The molecule has 0 atom stereocenters. The molecule has 15 heavy (non-hydrogen) atoms. The Kier molecular flexibility index (Phi) is 3.49. The van der Waals surface area contributed by atoms with Crippen LogP contribution in [-0.2, 0) is 0 Å². The molecule has 82 valence electrons. The van der Waals surface area contributed by atoms with E-state index in [1.54, 1.807) is 0 Å². The predicted molar refractivity (Wildman–Crippen MR) is 65.7 cm³/mol. The highest BCUT2D eigenvalue weighted by Crippen LogP contribution is 2.20. The van der Waals surface area contributed by atoms with Gasteiger partial charge in [-0.3, -0.25) is 0 Å². The predicted octanol–water partition coefficient (Wildman–Crippen LogP) is 2.81. The van der Waals surface area contributed by atoms with E-state index in [-0.39, 0.29) is 0 Å². The lowest BCUT2D eigenvalue weighted by Gasteiger charge is -2.10. The Morgan fingerprint density at radius 2 is 2.13 bits per heavy atom. The molecule has 1 aliphatic carbocycles. The van der Waals surface area contributed by atoms with Crippen LogP contribution in [0.15, 0.2) is 18.2 Å². The average Bonchev–Trinajstić information content (AvgIpc) is 2.99. The summed E-state index contributed by atoms with van der Waals surface area (Å²) in [6, 6.07) is 6.73. The van der Waals surface area contributed by atoms with Gasteiger partial charge in [0.1, 0.15) is 0 Å². The van der Waals surface area contributed by atoms with Crippen LogP contribution in [0.4, 0.5) is 5.69 Å². The monoisotopic (exact) mass is 224 g/mol. The van der Waals surface area contributed by atoms with Crippen molar-refractivity contribution in [2.24, 2.45) is 0 Å². The Labute approximate surface area is 96.0 Å². The Hall–Kier alpha value is -0.730. The summed E-state index contributed by atoms with van der Waals surface area (Å²) >= 11 is 5.89. The first-order valence-electron chi connectivity index (χ1n) is 5.49. The maximum absolute atomic E-state index is 5.89. The quantitative estimate of drug-likeness (QED) is 0.752. The smallest absolute Gasteiger partial charge is 0.0410 e. The molecule has 0 aromatic heterocycles. The highest BCUT2D eigenvalue weighted by molar-refractivity contribution is 6.30. The van der Waals surface area contributed by atoms with E-state index in [9.17, 15) is 0 Å². The number of rotatable bonds is 5. The minimum Gasteiger partial charge on any atom is -0.384 e. The second-order valence-corrected chi connectivity index (χ2v) is 4.55. The third-order valence-electron chi connectivity index (χ3n) is 2.64. The van der Waals surface area contributed by atoms with Crippen molar-refractivity contribution >= 4 is 17.3 Å². The molecule has 0 heterocycles. The van der Waals surface area contributed by atoms with Crippen LogP contribution in [0.1, 0.15) is 18.4 Å². The van der Waals surface area contributed by atoms with Gasteiger partial charge in [-0.2, -0.15) is 0 Å². The summed E-state index contributed by atoms with van der Waals surface area (Å²) in [7, 11) is 0. The van der Waals surface area contributed by atoms with Crippen molar-refractivity contribution in [3.8, 4) is 0 Å². The van der Waals surface area contributed by atoms with Gasteiger partial charge in [0.05, 0.1) is 0 Å². The summed E-state index contributed by atoms with van der Waals surface area (Å²) in [4.78, 5) is 0. The molecule has 3 heteroatoms. The standard InChI is InChI=1S/C12H17ClN2/c1-9-8-10(13)2-5-12(9)15-7-6-14-11-3-4-11/h2,5,8,11,14-15H,3-4,6-7H2,1H3. The van der Waals surface area contributed by atoms with Crippen molar-refractivity contribution in [2.75, 3.05) is 18.4 Å². The zero-order chi connectivity index (χ0) is 10.7. The van der Waals surface area contributed by atoms with Gasteiger partial charge in [-0.15, -0.1) is 0 Å². The van der Waals surface area contributed by atoms with Crippen LogP contribution in [0.2, 0.25) is 5.02 Å². The molecule has 1 aromatic carbocycles. The summed E-state index contributed by atoms with van der Waals surface area (Å²) in [5.41, 5.74) is 2.38. The summed E-state index contributed by atoms with van der Waals surface area (Å²) in [5.74, 6) is 0. The molecule has 0 spiro atoms. The van der Waals surface area contributed by atoms with E-state index in [0.717, 1.165) is 24.2 Å². The van der Waals surface area contributed by atoms with Crippen molar-refractivity contribution in [3.05, 3.63) is 28.8 Å². The Morgan fingerprint density at radius 3 is 2.80 bits per heavy atom. The van der Waals surface area contributed by atoms with Gasteiger partial charge in [-0.1, -0.05) is 11.6 Å². The minimum atomic E-state index is 0.790. The van der Waals surface area contributed by atoms with E-state index in [1.807, 2.05) is 18.2 Å². The Balaban J connectivity index is 1.76. The number of nitrogens with one attached hydrogen (secondary N) is 2. The topological polar surface area (TPSA) is 24.1 Å². The van der Waals surface area contributed by atoms with Gasteiger partial charge in [0.25, 0.3) is 0 Å². The molecule has 0 aliphatic heterocycles. The van der Waals surface area contributed by atoms with E-state index in [2.05, 4.69) is 17.6 Å². The third kappa shape index (κ3) is 3.40. The molecule has 0 saturated heterocycles. The fourth-order valence-corrected chi connectivity index (χ4v) is 1.81. The lowest BCUT2D eigenvalue weighted by Crippen LogP contribution is -2.24. The van der Waals surface area contributed by atoms with Gasteiger partial charge >= 0.3 is 0 Å². The van der Waals surface area contributed by atoms with Crippen LogP contribution < -0.4 is 10.6 Å². The molecule has 1 aliphatic rings. The number of aryl methyl sites for hydroxylation is 1. The molecule has 2 nitrogen and oxygen atoms in total. The minimum absolute atomic E-state index is 0.790. The third-order valence-corrected chi connectivity index (χ3v) is 2.87. The molecule has 0 bridgehead atoms. The first kappa shape index (κ1) is 10.8. The van der Waals surface area contributed by atoms with Gasteiger partial charge in [-0.05, 0) is 43.5 Å². The highest BCUT2D eigenvalue weighted by Gasteiger charge is 2.19. The fourth-order valence-electron chi connectivity index (χ4n) is 1.59. The number of anilines is 1. The first-order chi connectivity index (χ1) is 7.25. The van der Waals surface area contributed by atoms with E-state index in [1.165, 1.54) is 24.1 Å². The van der Waals surface area contributed by atoms with Crippen LogP contribution >= 0.6 is 11.6 Å². The number of halogens is 1. The van der Waals surface area contributed by atoms with Gasteiger partial charge in [-0.25, -0.2) is 0 Å². The van der Waals surface area contributed by atoms with Crippen molar-refractivity contribution in [3.63, 3.8) is 0 Å². The van der Waals surface area contributed by atoms with Crippen molar-refractivity contribution in [2.45, 2.75) is 25.8 Å². The molecule has 0 unspecified atom stereocenters. The van der Waals surface area contributed by atoms with Crippen LogP contribution in [0.3, 0.4) is 0 Å². The van der Waals surface area contributed by atoms with Gasteiger partial charge in [0.2, 0.25) is 0 Å². The number of hydrogen-bond acceptors (Lipinski definition) is 2. The van der Waals surface area contributed by atoms with Crippen LogP contribution in [0, 0.1) is 6.92 Å². The lowest BCUT2D eigenvalue weighted by molar-refractivity contribution is 0.701. The van der Waals surface area contributed by atoms with Gasteiger partial charge in [0, 0.05) is 29.8 Å². The molecule has 2 N–H and O–H groups in total. The van der Waals surface area contributed by atoms with Crippen molar-refractivity contribution < 1.29 is 0 Å². The van der Waals surface area contributed by atoms with E-state index in [0.29, 0.717) is 0 Å². The summed E-state index contributed by atoms with van der Waals surface area (Å²) in [6.45, 7) is 4.08. The van der Waals surface area contributed by atoms with Crippen LogP contribution in [-0.4, -0.2) is 19.1 Å². The second-order valence-electron chi connectivity index (χ2n) is 4.11. The van der Waals surface area contributed by atoms with Crippen molar-refractivity contribution in [1.82, 2.24) is 5.32 Å². The molecule has 1 fully saturated rings. The molecule has 0 radical (unpaired) electrons. The average molecular weight is 225 g/mol. The van der Waals surface area contributed by atoms with E-state index < -0.39 is 0 Å². The molecular formula is C12H17ClN2. The normalized spacial score (nSPS) is 15.3. The largest absolute Gasteiger partial charge is 0.384 e. The van der Waals surface area contributed by atoms with Gasteiger partial charge < -0.3 is 10.6 Å². The highest BCUT2D eigenvalue weighted by atomic mass is 35.5. The van der Waals surface area contributed by atoms with E-state index >= 15 is 0 Å². The maximum atomic E-state index is 5.89. The molecule has 1 saturated carbocycles. The molecule has 1 aromatic rings. The molecule has 0 amide bonds. The SMILES string of the molecule is Cc1cc(Cl)ccc1NCCNC1CC1. The molecule has 2 rings (SSSR count). The van der Waals surface area contributed by atoms with Gasteiger partial charge in [0.15, 0.2) is 0 Å². The zero-order valence-electron chi connectivity index (χ0n) is 9.02. The lowest BCUT2D eigenvalue weighted by atomic mass is 10.2. The van der Waals surface area contributed by atoms with Crippen LogP contribution in [0.25, 0.3) is 0 Å². The van der Waals surface area contributed by atoms with Crippen LogP contribution in [0.5, 0.6) is 0 Å². The Bertz CT molecular complexity index is 334.